The molecule has 15 nitrogen and oxygen atoms in total. The molecular formula is C13H18FN4O11P3. The number of aliphatic hydroxyl groups is 1. The predicted octanol–water partition coefficient (Wildman–Crippen LogP) is 0.953. The minimum absolute atomic E-state index is 0.144. The fourth-order valence-corrected chi connectivity index (χ4v) is 6.46. The third-order valence-corrected chi connectivity index (χ3v) is 8.49. The molecule has 0 spiro atoms. The van der Waals surface area contributed by atoms with Gasteiger partial charge in [0.2, 0.25) is 0 Å². The molecule has 1 aliphatic carbocycles. The Hall–Kier alpha value is -1.41. The van der Waals surface area contributed by atoms with Gasteiger partial charge >= 0.3 is 29.5 Å². The average molecular weight is 518 g/mol. The lowest BCUT2D eigenvalue weighted by Gasteiger charge is -2.46. The lowest BCUT2D eigenvalue weighted by atomic mass is 9.66. The third-order valence-electron chi connectivity index (χ3n) is 4.69. The maximum Gasteiger partial charge on any atom is 0.490 e. The number of phosphoric ester groups is 1. The summed E-state index contributed by atoms with van der Waals surface area (Å²) in [6.07, 6.45) is 0.370. The fourth-order valence-electron chi connectivity index (χ4n) is 3.42. The summed E-state index contributed by atoms with van der Waals surface area (Å²) >= 11 is 0. The van der Waals surface area contributed by atoms with E-state index in [0.717, 1.165) is 0 Å². The molecule has 0 aliphatic heterocycles. The van der Waals surface area contributed by atoms with E-state index >= 15 is 0 Å². The van der Waals surface area contributed by atoms with Crippen molar-refractivity contribution in [1.29, 1.82) is 0 Å². The van der Waals surface area contributed by atoms with Crippen molar-refractivity contribution in [3.63, 3.8) is 0 Å². The number of aliphatic hydroxyl groups excluding tert-OH is 1. The number of hydrogen-bond acceptors (Lipinski definition) is 10. The Balaban J connectivity index is 1.73. The fraction of sp³-hybridized carbons (Fsp3) is 0.462. The van der Waals surface area contributed by atoms with Crippen LogP contribution in [-0.2, 0) is 26.8 Å². The van der Waals surface area contributed by atoms with Crippen LogP contribution in [0.3, 0.4) is 0 Å². The number of hydrogen-bond donors (Lipinski definition) is 5. The number of fused-ring (bicyclic) bond motifs is 1. The van der Waals surface area contributed by atoms with Gasteiger partial charge in [0.1, 0.15) is 5.52 Å². The Morgan fingerprint density at radius 1 is 1.16 bits per heavy atom. The van der Waals surface area contributed by atoms with Crippen molar-refractivity contribution < 1.29 is 55.9 Å². The molecule has 5 N–H and O–H groups in total. The number of nitrogens with zero attached hydrogens (tertiary/aromatic N) is 4. The van der Waals surface area contributed by atoms with Crippen LogP contribution in [0.5, 0.6) is 0 Å². The van der Waals surface area contributed by atoms with Crippen molar-refractivity contribution >= 4 is 34.6 Å². The van der Waals surface area contributed by atoms with Crippen molar-refractivity contribution in [1.82, 2.24) is 19.5 Å². The lowest BCUT2D eigenvalue weighted by molar-refractivity contribution is 0.0500. The third kappa shape index (κ3) is 5.38. The van der Waals surface area contributed by atoms with Crippen LogP contribution in [0.25, 0.3) is 11.2 Å². The molecule has 0 saturated heterocycles. The second-order valence-electron chi connectivity index (χ2n) is 6.76. The molecule has 0 radical (unpaired) electrons. The van der Waals surface area contributed by atoms with Gasteiger partial charge in [-0.05, 0) is 12.5 Å². The molecule has 19 heteroatoms. The maximum atomic E-state index is 13.7. The zero-order valence-corrected chi connectivity index (χ0v) is 18.8. The summed E-state index contributed by atoms with van der Waals surface area (Å²) in [6, 6.07) is -0.631. The molecule has 2 aromatic heterocycles. The van der Waals surface area contributed by atoms with Crippen LogP contribution in [0.4, 0.5) is 4.39 Å². The van der Waals surface area contributed by atoms with Gasteiger partial charge in [0.15, 0.2) is 5.65 Å². The summed E-state index contributed by atoms with van der Waals surface area (Å²) < 4.78 is 61.0. The molecule has 1 aliphatic rings. The summed E-state index contributed by atoms with van der Waals surface area (Å²) in [5.74, 6) is -1.41. The minimum Gasteiger partial charge on any atom is -0.396 e. The molecular weight excluding hydrogens is 500 g/mol. The monoisotopic (exact) mass is 518 g/mol. The number of phosphoric acid groups is 3. The normalized spacial score (nSPS) is 25.3. The maximum absolute atomic E-state index is 13.7. The second-order valence-corrected chi connectivity index (χ2v) is 11.2. The van der Waals surface area contributed by atoms with E-state index in [1.165, 1.54) is 17.8 Å². The summed E-state index contributed by atoms with van der Waals surface area (Å²) in [7, 11) is -16.5. The molecule has 0 amide bonds. The summed E-state index contributed by atoms with van der Waals surface area (Å²) in [6.45, 7) is 4.28. The molecule has 5 atom stereocenters. The van der Waals surface area contributed by atoms with Crippen LogP contribution < -0.4 is 0 Å². The number of imidazole rings is 1. The SMILES string of the molecule is C=C1[C@@H](n2cnc3c(C)nc(F)nc32)[C@H](CO)[C@H]1COP(=O)(O)OP(=O)(O)OP(=O)(O)O. The molecule has 2 heterocycles. The first kappa shape index (κ1) is 25.2. The van der Waals surface area contributed by atoms with Crippen molar-refractivity contribution in [2.24, 2.45) is 11.8 Å². The highest BCUT2D eigenvalue weighted by molar-refractivity contribution is 7.66. The number of aryl methyl sites for hydroxylation is 1. The first-order chi connectivity index (χ1) is 14.6. The van der Waals surface area contributed by atoms with E-state index in [0.29, 0.717) is 16.8 Å². The topological polar surface area (TPSA) is 224 Å². The van der Waals surface area contributed by atoms with Crippen LogP contribution in [0.2, 0.25) is 0 Å². The zero-order chi connectivity index (χ0) is 24.1. The van der Waals surface area contributed by atoms with Gasteiger partial charge in [-0.25, -0.2) is 23.7 Å². The Labute approximate surface area is 179 Å². The quantitative estimate of drug-likeness (QED) is 0.177. The van der Waals surface area contributed by atoms with E-state index in [1.807, 2.05) is 0 Å². The van der Waals surface area contributed by atoms with Crippen molar-refractivity contribution in [3.8, 4) is 0 Å². The molecule has 32 heavy (non-hydrogen) atoms. The number of rotatable bonds is 9. The van der Waals surface area contributed by atoms with Crippen LogP contribution in [0, 0.1) is 24.8 Å². The van der Waals surface area contributed by atoms with Crippen LogP contribution in [0.1, 0.15) is 11.7 Å². The molecule has 178 valence electrons. The van der Waals surface area contributed by atoms with Crippen LogP contribution >= 0.6 is 23.5 Å². The van der Waals surface area contributed by atoms with Gasteiger partial charge in [0.25, 0.3) is 0 Å². The predicted molar refractivity (Wildman–Crippen MR) is 102 cm³/mol. The van der Waals surface area contributed by atoms with E-state index in [-0.39, 0.29) is 5.65 Å². The van der Waals surface area contributed by atoms with E-state index in [2.05, 4.69) is 34.7 Å². The van der Waals surface area contributed by atoms with Crippen molar-refractivity contribution in [2.45, 2.75) is 13.0 Å². The standard InChI is InChI=1S/C13H18FN4O11P3/c1-6-9(4-27-31(23,24)29-32(25,26)28-30(20,21)22)8(3-19)11(6)18-5-15-10-7(2)16-13(14)17-12(10)18/h5,8-9,11,19H,1,3-4H2,2H3,(H,23,24)(H,25,26)(H2,20,21,22)/t8-,9+,11-/m1/s1. The zero-order valence-electron chi connectivity index (χ0n) is 16.1. The van der Waals surface area contributed by atoms with E-state index in [9.17, 15) is 33.0 Å². The smallest absolute Gasteiger partial charge is 0.396 e. The molecule has 2 aromatic rings. The van der Waals surface area contributed by atoms with E-state index < -0.39 is 60.6 Å². The molecule has 0 bridgehead atoms. The summed E-state index contributed by atoms with van der Waals surface area (Å²) in [4.78, 5) is 47.2. The summed E-state index contributed by atoms with van der Waals surface area (Å²) in [5, 5.41) is 9.78. The largest absolute Gasteiger partial charge is 0.490 e. The highest BCUT2D eigenvalue weighted by Gasteiger charge is 2.48. The van der Waals surface area contributed by atoms with Gasteiger partial charge in [-0.1, -0.05) is 6.58 Å². The van der Waals surface area contributed by atoms with Crippen molar-refractivity contribution in [3.05, 3.63) is 30.3 Å². The van der Waals surface area contributed by atoms with Gasteiger partial charge in [-0.15, -0.1) is 0 Å². The lowest BCUT2D eigenvalue weighted by Crippen LogP contribution is -2.45. The molecule has 1 fully saturated rings. The van der Waals surface area contributed by atoms with Gasteiger partial charge in [-0.2, -0.15) is 18.0 Å². The Morgan fingerprint density at radius 3 is 2.41 bits per heavy atom. The second kappa shape index (κ2) is 8.75. The number of halogens is 1. The first-order valence-electron chi connectivity index (χ1n) is 8.58. The molecule has 2 unspecified atom stereocenters. The molecule has 0 aromatic carbocycles. The summed E-state index contributed by atoms with van der Waals surface area (Å²) in [5.41, 5.74) is 1.14. The van der Waals surface area contributed by atoms with Crippen LogP contribution in [-0.4, -0.2) is 57.4 Å². The van der Waals surface area contributed by atoms with E-state index in [1.54, 1.807) is 0 Å². The average Bonchev–Trinajstić information content (AvgIpc) is 2.99. The molecule has 3 rings (SSSR count). The Morgan fingerprint density at radius 2 is 1.81 bits per heavy atom. The molecule has 1 saturated carbocycles. The van der Waals surface area contributed by atoms with Gasteiger partial charge in [0.05, 0.1) is 24.7 Å². The highest BCUT2D eigenvalue weighted by Crippen LogP contribution is 2.66. The Kier molecular flexibility index (Phi) is 6.89. The van der Waals surface area contributed by atoms with E-state index in [4.69, 9.17) is 9.79 Å². The highest BCUT2D eigenvalue weighted by atomic mass is 31.3. The van der Waals surface area contributed by atoms with Crippen LogP contribution in [0.15, 0.2) is 18.5 Å². The van der Waals surface area contributed by atoms with Crippen molar-refractivity contribution in [2.75, 3.05) is 13.2 Å². The van der Waals surface area contributed by atoms with Gasteiger partial charge < -0.3 is 29.2 Å². The Bertz CT molecular complexity index is 1200. The minimum atomic E-state index is -5.65. The van der Waals surface area contributed by atoms with Gasteiger partial charge in [-0.3, -0.25) is 4.52 Å². The van der Waals surface area contributed by atoms with Gasteiger partial charge in [0, 0.05) is 18.4 Å². The first-order valence-corrected chi connectivity index (χ1v) is 13.1. The number of aromatic nitrogens is 4.